The van der Waals surface area contributed by atoms with Gasteiger partial charge < -0.3 is 10.1 Å². The second-order valence-corrected chi connectivity index (χ2v) is 8.14. The number of nitrogens with one attached hydrogen (secondary N) is 1. The molecule has 0 fully saturated rings. The molecule has 4 rings (SSSR count). The van der Waals surface area contributed by atoms with Crippen LogP contribution in [-0.2, 0) is 14.8 Å². The van der Waals surface area contributed by atoms with Gasteiger partial charge in [0.25, 0.3) is 15.9 Å². The Morgan fingerprint density at radius 2 is 1.50 bits per heavy atom. The zero-order valence-electron chi connectivity index (χ0n) is 14.9. The number of rotatable bonds is 4. The van der Waals surface area contributed by atoms with Crippen molar-refractivity contribution >= 4 is 27.3 Å². The average Bonchev–Trinajstić information content (AvgIpc) is 2.74. The SMILES string of the molecule is O=C(Nc1ccccc1)[C@@H]1CN(S(=O)(=O)c2ccccc2)c2ccccc2O1. The molecule has 0 aliphatic carbocycles. The zero-order valence-corrected chi connectivity index (χ0v) is 15.7. The Balaban J connectivity index is 1.68. The molecule has 0 radical (unpaired) electrons. The van der Waals surface area contributed by atoms with Gasteiger partial charge >= 0.3 is 0 Å². The first kappa shape index (κ1) is 18.1. The van der Waals surface area contributed by atoms with Gasteiger partial charge in [-0.1, -0.05) is 48.5 Å². The number of para-hydroxylation sites is 3. The van der Waals surface area contributed by atoms with E-state index in [4.69, 9.17) is 4.74 Å². The fourth-order valence-electron chi connectivity index (χ4n) is 3.03. The third-order valence-corrected chi connectivity index (χ3v) is 6.19. The van der Waals surface area contributed by atoms with E-state index in [1.54, 1.807) is 66.7 Å². The van der Waals surface area contributed by atoms with Gasteiger partial charge in [-0.05, 0) is 36.4 Å². The summed E-state index contributed by atoms with van der Waals surface area (Å²) in [5, 5.41) is 2.77. The molecule has 1 N–H and O–H groups in total. The van der Waals surface area contributed by atoms with Crippen LogP contribution < -0.4 is 14.4 Å². The van der Waals surface area contributed by atoms with Crippen LogP contribution in [0.3, 0.4) is 0 Å². The van der Waals surface area contributed by atoms with Crippen LogP contribution in [0.1, 0.15) is 0 Å². The Labute approximate surface area is 163 Å². The number of ether oxygens (including phenoxy) is 1. The minimum absolute atomic E-state index is 0.118. The maximum atomic E-state index is 13.2. The first-order valence-corrected chi connectivity index (χ1v) is 10.2. The molecule has 0 aromatic heterocycles. The monoisotopic (exact) mass is 394 g/mol. The molecule has 1 aliphatic heterocycles. The Kier molecular flexibility index (Phi) is 4.75. The van der Waals surface area contributed by atoms with Gasteiger partial charge in [0.2, 0.25) is 0 Å². The summed E-state index contributed by atoms with van der Waals surface area (Å²) in [4.78, 5) is 12.9. The van der Waals surface area contributed by atoms with E-state index in [0.717, 1.165) is 0 Å². The number of amides is 1. The van der Waals surface area contributed by atoms with Crippen molar-refractivity contribution in [2.75, 3.05) is 16.2 Å². The Morgan fingerprint density at radius 3 is 2.21 bits per heavy atom. The molecule has 28 heavy (non-hydrogen) atoms. The molecule has 7 heteroatoms. The van der Waals surface area contributed by atoms with E-state index in [9.17, 15) is 13.2 Å². The Bertz CT molecular complexity index is 1090. The van der Waals surface area contributed by atoms with Gasteiger partial charge in [0.15, 0.2) is 6.10 Å². The van der Waals surface area contributed by atoms with Crippen LogP contribution in [0.15, 0.2) is 89.8 Å². The second-order valence-electron chi connectivity index (χ2n) is 6.28. The number of carbonyl (C=O) groups excluding carboxylic acids is 1. The van der Waals surface area contributed by atoms with Gasteiger partial charge in [0, 0.05) is 5.69 Å². The van der Waals surface area contributed by atoms with Crippen molar-refractivity contribution in [3.8, 4) is 5.75 Å². The van der Waals surface area contributed by atoms with Crippen LogP contribution in [-0.4, -0.2) is 27.0 Å². The molecule has 0 unspecified atom stereocenters. The Morgan fingerprint density at radius 1 is 0.893 bits per heavy atom. The van der Waals surface area contributed by atoms with Crippen molar-refractivity contribution in [2.24, 2.45) is 0 Å². The lowest BCUT2D eigenvalue weighted by Gasteiger charge is -2.34. The molecule has 0 saturated heterocycles. The minimum atomic E-state index is -3.84. The smallest absolute Gasteiger partial charge is 0.267 e. The van der Waals surface area contributed by atoms with E-state index < -0.39 is 22.0 Å². The number of carbonyl (C=O) groups is 1. The van der Waals surface area contributed by atoms with Crippen molar-refractivity contribution in [3.05, 3.63) is 84.9 Å². The number of nitrogens with zero attached hydrogens (tertiary/aromatic N) is 1. The van der Waals surface area contributed by atoms with Gasteiger partial charge in [-0.2, -0.15) is 0 Å². The largest absolute Gasteiger partial charge is 0.476 e. The maximum absolute atomic E-state index is 13.2. The molecule has 0 bridgehead atoms. The second kappa shape index (κ2) is 7.36. The Hall–Kier alpha value is -3.32. The van der Waals surface area contributed by atoms with Gasteiger partial charge in [0.1, 0.15) is 5.75 Å². The highest BCUT2D eigenvalue weighted by Crippen LogP contribution is 2.36. The number of benzene rings is 3. The van der Waals surface area contributed by atoms with E-state index in [1.165, 1.54) is 16.4 Å². The summed E-state index contributed by atoms with van der Waals surface area (Å²) < 4.78 is 33.5. The van der Waals surface area contributed by atoms with Gasteiger partial charge in [0.05, 0.1) is 17.1 Å². The van der Waals surface area contributed by atoms with Crippen molar-refractivity contribution in [1.82, 2.24) is 0 Å². The predicted molar refractivity (Wildman–Crippen MR) is 107 cm³/mol. The molecule has 3 aromatic rings. The molecule has 6 nitrogen and oxygen atoms in total. The molecular weight excluding hydrogens is 376 g/mol. The van der Waals surface area contributed by atoms with E-state index in [-0.39, 0.29) is 11.4 Å². The lowest BCUT2D eigenvalue weighted by Crippen LogP contribution is -2.48. The fourth-order valence-corrected chi connectivity index (χ4v) is 4.53. The summed E-state index contributed by atoms with van der Waals surface area (Å²) in [6.45, 7) is -0.118. The van der Waals surface area contributed by atoms with Gasteiger partial charge in [-0.3, -0.25) is 9.10 Å². The first-order valence-electron chi connectivity index (χ1n) is 8.75. The summed E-state index contributed by atoms with van der Waals surface area (Å²) in [5.41, 5.74) is 1.03. The number of hydrogen-bond donors (Lipinski definition) is 1. The molecule has 0 spiro atoms. The predicted octanol–water partition coefficient (Wildman–Crippen LogP) is 3.28. The number of hydrogen-bond acceptors (Lipinski definition) is 4. The van der Waals surface area contributed by atoms with Gasteiger partial charge in [-0.15, -0.1) is 0 Å². The van der Waals surface area contributed by atoms with Crippen LogP contribution in [0, 0.1) is 0 Å². The van der Waals surface area contributed by atoms with Crippen molar-refractivity contribution in [1.29, 1.82) is 0 Å². The molecule has 1 amide bonds. The number of sulfonamides is 1. The highest BCUT2D eigenvalue weighted by atomic mass is 32.2. The zero-order chi connectivity index (χ0) is 19.6. The van der Waals surface area contributed by atoms with Crippen LogP contribution >= 0.6 is 0 Å². The first-order chi connectivity index (χ1) is 13.6. The molecule has 1 aliphatic rings. The fraction of sp³-hybridized carbons (Fsp3) is 0.0952. The normalized spacial score (nSPS) is 16.0. The lowest BCUT2D eigenvalue weighted by atomic mass is 10.2. The molecule has 1 heterocycles. The summed E-state index contributed by atoms with van der Waals surface area (Å²) in [7, 11) is -3.84. The summed E-state index contributed by atoms with van der Waals surface area (Å²) in [6, 6.07) is 23.9. The van der Waals surface area contributed by atoms with Crippen molar-refractivity contribution in [3.63, 3.8) is 0 Å². The summed E-state index contributed by atoms with van der Waals surface area (Å²) in [6.07, 6.45) is -0.978. The molecule has 3 aromatic carbocycles. The lowest BCUT2D eigenvalue weighted by molar-refractivity contribution is -0.122. The maximum Gasteiger partial charge on any atom is 0.267 e. The van der Waals surface area contributed by atoms with E-state index in [2.05, 4.69) is 5.32 Å². The van der Waals surface area contributed by atoms with Crippen LogP contribution in [0.4, 0.5) is 11.4 Å². The van der Waals surface area contributed by atoms with Crippen molar-refractivity contribution < 1.29 is 17.9 Å². The summed E-state index contributed by atoms with van der Waals surface area (Å²) in [5.74, 6) is -0.0598. The minimum Gasteiger partial charge on any atom is -0.476 e. The summed E-state index contributed by atoms with van der Waals surface area (Å²) >= 11 is 0. The van der Waals surface area contributed by atoms with Crippen LogP contribution in [0.25, 0.3) is 0 Å². The standard InChI is InChI=1S/C21H18N2O4S/c24-21(22-16-9-3-1-4-10-16)20-15-23(18-13-7-8-14-19(18)27-20)28(25,26)17-11-5-2-6-12-17/h1-14,20H,15H2,(H,22,24)/t20-/m0/s1. The number of fused-ring (bicyclic) bond motifs is 1. The van der Waals surface area contributed by atoms with Crippen LogP contribution in [0.5, 0.6) is 5.75 Å². The molecular formula is C21H18N2O4S. The van der Waals surface area contributed by atoms with E-state index in [0.29, 0.717) is 17.1 Å². The quantitative estimate of drug-likeness (QED) is 0.737. The third-order valence-electron chi connectivity index (χ3n) is 4.40. The van der Waals surface area contributed by atoms with E-state index >= 15 is 0 Å². The van der Waals surface area contributed by atoms with Crippen molar-refractivity contribution in [2.45, 2.75) is 11.0 Å². The van der Waals surface area contributed by atoms with Gasteiger partial charge in [-0.25, -0.2) is 8.42 Å². The van der Waals surface area contributed by atoms with E-state index in [1.807, 2.05) is 6.07 Å². The molecule has 1 atom stereocenters. The highest BCUT2D eigenvalue weighted by Gasteiger charge is 2.37. The molecule has 142 valence electrons. The molecule has 0 saturated carbocycles. The average molecular weight is 394 g/mol. The number of anilines is 2. The highest BCUT2D eigenvalue weighted by molar-refractivity contribution is 7.92. The van der Waals surface area contributed by atoms with Crippen LogP contribution in [0.2, 0.25) is 0 Å². The topological polar surface area (TPSA) is 75.7 Å². The third kappa shape index (κ3) is 3.44.